The fourth-order valence-corrected chi connectivity index (χ4v) is 12.2. The SMILES string of the molecule is COC(=O)N[C@H]1CCC[C@@H]1[C@](CN1CCCCC1)(c1cccc(F)c1)C1CCN(CC2CN(c3ccc(S(=O)(=O)C4CN(C(=O)/C=C/CN(C)C)C4)cc3)C2)CC1. The highest BCUT2D eigenvalue weighted by Gasteiger charge is 2.53. The molecule has 7 rings (SSSR count). The molecule has 4 aliphatic heterocycles. The Morgan fingerprint density at radius 2 is 1.63 bits per heavy atom. The number of anilines is 1. The normalized spacial score (nSPS) is 24.4. The van der Waals surface area contributed by atoms with Gasteiger partial charge in [-0.3, -0.25) is 4.79 Å². The van der Waals surface area contributed by atoms with E-state index in [0.29, 0.717) is 23.3 Å². The number of piperidine rings is 2. The molecule has 5 fully saturated rings. The number of nitrogens with one attached hydrogen (secondary N) is 1. The highest BCUT2D eigenvalue weighted by Crippen LogP contribution is 2.51. The van der Waals surface area contributed by atoms with Crippen molar-refractivity contribution in [3.8, 4) is 0 Å². The molecular weight excluding hydrogens is 744 g/mol. The second-order valence-corrected chi connectivity index (χ2v) is 19.8. The van der Waals surface area contributed by atoms with Crippen molar-refractivity contribution in [2.45, 2.75) is 73.0 Å². The Balaban J connectivity index is 0.960. The zero-order valence-corrected chi connectivity index (χ0v) is 35.0. The Labute approximate surface area is 339 Å². The summed E-state index contributed by atoms with van der Waals surface area (Å²) in [5.74, 6) is 0.721. The summed E-state index contributed by atoms with van der Waals surface area (Å²) < 4.78 is 46.9. The number of alkyl carbamates (subject to hydrolysis) is 1. The molecule has 1 aliphatic carbocycles. The van der Waals surface area contributed by atoms with Gasteiger partial charge in [-0.05, 0) is 133 Å². The number of carbonyl (C=O) groups excluding carboxylic acids is 2. The molecule has 3 atom stereocenters. The van der Waals surface area contributed by atoms with Crippen LogP contribution in [0.1, 0.15) is 56.9 Å². The number of likely N-dealkylation sites (tertiary alicyclic amines) is 3. The molecule has 1 saturated carbocycles. The van der Waals surface area contributed by atoms with Gasteiger partial charge in [-0.2, -0.15) is 0 Å². The first-order chi connectivity index (χ1) is 27.5. The average Bonchev–Trinajstić information content (AvgIpc) is 3.63. The first-order valence-electron chi connectivity index (χ1n) is 21.2. The second-order valence-electron chi connectivity index (χ2n) is 17.6. The number of hydrogen-bond donors (Lipinski definition) is 1. The van der Waals surface area contributed by atoms with Crippen LogP contribution in [0.5, 0.6) is 0 Å². The Morgan fingerprint density at radius 3 is 2.30 bits per heavy atom. The third kappa shape index (κ3) is 9.37. The van der Waals surface area contributed by atoms with Crippen LogP contribution in [-0.2, 0) is 24.8 Å². The number of nitrogens with zero attached hydrogens (tertiary/aromatic N) is 5. The predicted molar refractivity (Wildman–Crippen MR) is 222 cm³/mol. The smallest absolute Gasteiger partial charge is 0.407 e. The number of carbonyl (C=O) groups is 2. The number of halogens is 1. The Morgan fingerprint density at radius 1 is 0.912 bits per heavy atom. The minimum absolute atomic E-state index is 0.0152. The monoisotopic (exact) mass is 806 g/mol. The lowest BCUT2D eigenvalue weighted by atomic mass is 9.58. The third-order valence-electron chi connectivity index (χ3n) is 13.6. The van der Waals surface area contributed by atoms with E-state index >= 15 is 4.39 Å². The van der Waals surface area contributed by atoms with E-state index in [9.17, 15) is 18.0 Å². The largest absolute Gasteiger partial charge is 0.453 e. The molecule has 0 bridgehead atoms. The maximum atomic E-state index is 15.1. The minimum Gasteiger partial charge on any atom is -0.453 e. The number of ether oxygens (including phenoxy) is 1. The fourth-order valence-electron chi connectivity index (χ4n) is 10.5. The van der Waals surface area contributed by atoms with Gasteiger partial charge in [0.05, 0.1) is 12.0 Å². The first kappa shape index (κ1) is 41.6. The van der Waals surface area contributed by atoms with E-state index in [-0.39, 0.29) is 48.3 Å². The van der Waals surface area contributed by atoms with Crippen molar-refractivity contribution in [2.75, 3.05) is 98.1 Å². The van der Waals surface area contributed by atoms with Crippen LogP contribution < -0.4 is 10.2 Å². The van der Waals surface area contributed by atoms with Gasteiger partial charge in [0.25, 0.3) is 0 Å². The summed E-state index contributed by atoms with van der Waals surface area (Å²) in [4.78, 5) is 36.4. The van der Waals surface area contributed by atoms with Crippen LogP contribution in [0.15, 0.2) is 65.6 Å². The molecule has 2 amide bonds. The summed E-state index contributed by atoms with van der Waals surface area (Å²) in [5.41, 5.74) is 1.82. The maximum absolute atomic E-state index is 15.1. The lowest BCUT2D eigenvalue weighted by Gasteiger charge is -2.53. The minimum atomic E-state index is -3.52. The Bertz CT molecular complexity index is 1820. The standard InChI is InChI=1S/C44H63FN6O5S/c1-47(2)21-9-14-42(52)51-30-39(31-51)57(54,55)38-17-15-37(16-18-38)50-28-33(29-50)27-48-24-19-34(20-25-48)44(32-49-22-5-4-6-23-49,35-10-7-11-36(45)26-35)40-12-8-13-41(40)46-43(53)56-3/h7,9-11,14-18,26,33-34,39-41H,4-6,8,12-13,19-25,27-32H2,1-3H3,(H,46,53)/b14-9+/t40-,41-,44-/m0/s1. The Kier molecular flexibility index (Phi) is 13.3. The molecule has 2 aromatic carbocycles. The Hall–Kier alpha value is -3.52. The van der Waals surface area contributed by atoms with E-state index in [1.807, 2.05) is 37.2 Å². The van der Waals surface area contributed by atoms with Crippen molar-refractivity contribution in [3.63, 3.8) is 0 Å². The van der Waals surface area contributed by atoms with Crippen molar-refractivity contribution in [3.05, 3.63) is 72.1 Å². The molecular formula is C44H63FN6O5S. The molecule has 0 spiro atoms. The number of rotatable bonds is 14. The van der Waals surface area contributed by atoms with E-state index in [4.69, 9.17) is 4.74 Å². The number of benzene rings is 2. The number of hydrogen-bond acceptors (Lipinski definition) is 9. The van der Waals surface area contributed by atoms with E-state index in [1.165, 1.54) is 32.4 Å². The van der Waals surface area contributed by atoms with Gasteiger partial charge in [0, 0.05) is 75.0 Å². The van der Waals surface area contributed by atoms with Gasteiger partial charge in [0.1, 0.15) is 11.1 Å². The molecule has 2 aromatic rings. The lowest BCUT2D eigenvalue weighted by molar-refractivity contribution is -0.129. The zero-order valence-electron chi connectivity index (χ0n) is 34.2. The molecule has 57 heavy (non-hydrogen) atoms. The quantitative estimate of drug-likeness (QED) is 0.264. The second kappa shape index (κ2) is 18.2. The number of sulfone groups is 1. The molecule has 4 saturated heterocycles. The molecule has 13 heteroatoms. The van der Waals surface area contributed by atoms with E-state index in [2.05, 4.69) is 26.1 Å². The molecule has 0 unspecified atom stereocenters. The highest BCUT2D eigenvalue weighted by molar-refractivity contribution is 7.92. The van der Waals surface area contributed by atoms with Gasteiger partial charge in [0.15, 0.2) is 9.84 Å². The van der Waals surface area contributed by atoms with Crippen LogP contribution >= 0.6 is 0 Å². The number of likely N-dealkylation sites (N-methyl/N-ethyl adjacent to an activating group) is 1. The molecule has 312 valence electrons. The van der Waals surface area contributed by atoms with Crippen LogP contribution in [0.25, 0.3) is 0 Å². The van der Waals surface area contributed by atoms with Gasteiger partial charge >= 0.3 is 6.09 Å². The topological polar surface area (TPSA) is 106 Å². The molecule has 1 N–H and O–H groups in total. The zero-order chi connectivity index (χ0) is 40.2. The van der Waals surface area contributed by atoms with E-state index in [1.54, 1.807) is 35.2 Å². The average molecular weight is 807 g/mol. The predicted octanol–water partition coefficient (Wildman–Crippen LogP) is 5.02. The summed E-state index contributed by atoms with van der Waals surface area (Å²) in [6, 6.07) is 14.6. The maximum Gasteiger partial charge on any atom is 0.407 e. The van der Waals surface area contributed by atoms with E-state index in [0.717, 1.165) is 95.7 Å². The van der Waals surface area contributed by atoms with Gasteiger partial charge in [-0.25, -0.2) is 17.6 Å². The van der Waals surface area contributed by atoms with Crippen LogP contribution in [0.4, 0.5) is 14.9 Å². The van der Waals surface area contributed by atoms with Crippen LogP contribution in [0.3, 0.4) is 0 Å². The van der Waals surface area contributed by atoms with Crippen molar-refractivity contribution in [1.82, 2.24) is 24.9 Å². The van der Waals surface area contributed by atoms with E-state index < -0.39 is 15.1 Å². The van der Waals surface area contributed by atoms with Gasteiger partial charge < -0.3 is 34.6 Å². The van der Waals surface area contributed by atoms with Crippen molar-refractivity contribution in [2.24, 2.45) is 17.8 Å². The third-order valence-corrected chi connectivity index (χ3v) is 15.7. The molecule has 0 radical (unpaired) electrons. The summed E-state index contributed by atoms with van der Waals surface area (Å²) in [6.07, 6.45) is 11.5. The molecule has 4 heterocycles. The summed E-state index contributed by atoms with van der Waals surface area (Å²) in [6.45, 7) is 8.96. The first-order valence-corrected chi connectivity index (χ1v) is 22.7. The van der Waals surface area contributed by atoms with Crippen LogP contribution in [-0.4, -0.2) is 145 Å². The summed E-state index contributed by atoms with van der Waals surface area (Å²) in [7, 11) is 1.76. The van der Waals surface area contributed by atoms with Crippen molar-refractivity contribution >= 4 is 27.5 Å². The van der Waals surface area contributed by atoms with Crippen molar-refractivity contribution in [1.29, 1.82) is 0 Å². The van der Waals surface area contributed by atoms with Crippen molar-refractivity contribution < 1.29 is 27.1 Å². The molecule has 5 aliphatic rings. The summed E-state index contributed by atoms with van der Waals surface area (Å²) in [5, 5.41) is 2.63. The lowest BCUT2D eigenvalue weighted by Crippen LogP contribution is -2.59. The molecule has 0 aromatic heterocycles. The van der Waals surface area contributed by atoms with Crippen LogP contribution in [0, 0.1) is 23.6 Å². The van der Waals surface area contributed by atoms with Crippen LogP contribution in [0.2, 0.25) is 0 Å². The van der Waals surface area contributed by atoms with Gasteiger partial charge in [-0.15, -0.1) is 0 Å². The molecule has 11 nitrogen and oxygen atoms in total. The fraction of sp³-hybridized carbons (Fsp3) is 0.636. The summed E-state index contributed by atoms with van der Waals surface area (Å²) >= 11 is 0. The van der Waals surface area contributed by atoms with Gasteiger partial charge in [0.2, 0.25) is 5.91 Å². The van der Waals surface area contributed by atoms with Gasteiger partial charge in [-0.1, -0.05) is 31.1 Å². The number of amides is 2. The number of methoxy groups -OCH3 is 1. The highest BCUT2D eigenvalue weighted by atomic mass is 32.2.